The van der Waals surface area contributed by atoms with Gasteiger partial charge in [0.25, 0.3) is 0 Å². The van der Waals surface area contributed by atoms with Crippen LogP contribution in [-0.4, -0.2) is 48.6 Å². The summed E-state index contributed by atoms with van der Waals surface area (Å²) in [5, 5.41) is 3.29. The quantitative estimate of drug-likeness (QED) is 0.914. The fourth-order valence-electron chi connectivity index (χ4n) is 3.51. The van der Waals surface area contributed by atoms with Gasteiger partial charge in [-0.1, -0.05) is 12.8 Å². The lowest BCUT2D eigenvalue weighted by molar-refractivity contribution is 0.187. The lowest BCUT2D eigenvalue weighted by Gasteiger charge is -2.39. The van der Waals surface area contributed by atoms with Crippen LogP contribution >= 0.6 is 0 Å². The first kappa shape index (κ1) is 13.7. The summed E-state index contributed by atoms with van der Waals surface area (Å²) in [6.07, 6.45) is 7.61. The summed E-state index contributed by atoms with van der Waals surface area (Å²) in [5.41, 5.74) is 1.31. The molecule has 1 aromatic heterocycles. The minimum Gasteiger partial charge on any atom is -0.370 e. The van der Waals surface area contributed by atoms with Crippen molar-refractivity contribution in [2.75, 3.05) is 42.9 Å². The number of nitrogens with zero attached hydrogens (tertiary/aromatic N) is 3. The lowest BCUT2D eigenvalue weighted by atomic mass is 10.1. The zero-order valence-electron chi connectivity index (χ0n) is 12.5. The van der Waals surface area contributed by atoms with E-state index in [-0.39, 0.29) is 0 Å². The molecule has 1 N–H and O–H groups in total. The predicted octanol–water partition coefficient (Wildman–Crippen LogP) is 2.58. The van der Waals surface area contributed by atoms with Crippen LogP contribution in [0.25, 0.3) is 0 Å². The average molecular weight is 274 g/mol. The van der Waals surface area contributed by atoms with Crippen molar-refractivity contribution in [2.45, 2.75) is 38.6 Å². The van der Waals surface area contributed by atoms with Gasteiger partial charge in [-0.25, -0.2) is 4.98 Å². The fourth-order valence-corrected chi connectivity index (χ4v) is 3.51. The van der Waals surface area contributed by atoms with E-state index in [1.165, 1.54) is 44.5 Å². The van der Waals surface area contributed by atoms with Crippen LogP contribution in [-0.2, 0) is 0 Å². The zero-order chi connectivity index (χ0) is 13.8. The van der Waals surface area contributed by atoms with Crippen LogP contribution in [0.5, 0.6) is 0 Å². The zero-order valence-corrected chi connectivity index (χ0v) is 12.5. The maximum atomic E-state index is 4.35. The third kappa shape index (κ3) is 3.06. The van der Waals surface area contributed by atoms with Gasteiger partial charge in [-0.2, -0.15) is 0 Å². The van der Waals surface area contributed by atoms with Crippen molar-refractivity contribution in [1.29, 1.82) is 0 Å². The summed E-state index contributed by atoms with van der Waals surface area (Å²) in [7, 11) is 0. The molecule has 0 bridgehead atoms. The van der Waals surface area contributed by atoms with E-state index in [1.807, 2.05) is 6.20 Å². The van der Waals surface area contributed by atoms with Gasteiger partial charge in [0.05, 0.1) is 0 Å². The van der Waals surface area contributed by atoms with E-state index in [4.69, 9.17) is 0 Å². The smallest absolute Gasteiger partial charge is 0.127 e. The summed E-state index contributed by atoms with van der Waals surface area (Å²) in [5.74, 6) is 0.989. The Morgan fingerprint density at radius 3 is 2.65 bits per heavy atom. The van der Waals surface area contributed by atoms with E-state index in [0.29, 0.717) is 0 Å². The highest BCUT2D eigenvalue weighted by atomic mass is 15.3. The summed E-state index contributed by atoms with van der Waals surface area (Å²) >= 11 is 0. The second-order valence-electron chi connectivity index (χ2n) is 5.89. The number of pyridine rings is 1. The molecule has 3 rings (SSSR count). The third-order valence-corrected chi connectivity index (χ3v) is 4.62. The van der Waals surface area contributed by atoms with Crippen molar-refractivity contribution in [3.8, 4) is 0 Å². The van der Waals surface area contributed by atoms with E-state index < -0.39 is 0 Å². The fraction of sp³-hybridized carbons (Fsp3) is 0.688. The van der Waals surface area contributed by atoms with Crippen molar-refractivity contribution in [1.82, 2.24) is 9.88 Å². The van der Waals surface area contributed by atoms with Crippen LogP contribution in [0.1, 0.15) is 32.6 Å². The Morgan fingerprint density at radius 2 is 1.95 bits per heavy atom. The van der Waals surface area contributed by atoms with E-state index >= 15 is 0 Å². The molecule has 0 aromatic carbocycles. The molecule has 0 unspecified atom stereocenters. The van der Waals surface area contributed by atoms with Crippen LogP contribution in [0.3, 0.4) is 0 Å². The van der Waals surface area contributed by atoms with Gasteiger partial charge in [0.15, 0.2) is 0 Å². The van der Waals surface area contributed by atoms with Gasteiger partial charge >= 0.3 is 0 Å². The van der Waals surface area contributed by atoms with Gasteiger partial charge in [0.1, 0.15) is 5.82 Å². The molecule has 110 valence electrons. The minimum atomic E-state index is 0.868. The normalized spacial score (nSPS) is 21.4. The summed E-state index contributed by atoms with van der Waals surface area (Å²) < 4.78 is 0. The molecule has 0 atom stereocenters. The first-order valence-corrected chi connectivity index (χ1v) is 8.06. The Hall–Kier alpha value is -1.29. The standard InChI is InChI=1S/C16H26N4/c1-2-17-16-13-15(7-8-18-16)20-11-9-19(10-12-20)14-5-3-4-6-14/h7-8,13-14H,2-6,9-12H2,1H3,(H,17,18). The van der Waals surface area contributed by atoms with Gasteiger partial charge in [0.2, 0.25) is 0 Å². The van der Waals surface area contributed by atoms with E-state index in [1.54, 1.807) is 0 Å². The number of hydrogen-bond acceptors (Lipinski definition) is 4. The van der Waals surface area contributed by atoms with E-state index in [0.717, 1.165) is 31.5 Å². The molecule has 1 saturated heterocycles. The number of rotatable bonds is 4. The van der Waals surface area contributed by atoms with Gasteiger partial charge in [0, 0.05) is 56.7 Å². The molecule has 1 aliphatic carbocycles. The van der Waals surface area contributed by atoms with Crippen molar-refractivity contribution in [3.05, 3.63) is 18.3 Å². The second kappa shape index (κ2) is 6.44. The SMILES string of the molecule is CCNc1cc(N2CCN(C3CCCC3)CC2)ccn1. The number of aromatic nitrogens is 1. The molecule has 0 amide bonds. The van der Waals surface area contributed by atoms with E-state index in [9.17, 15) is 0 Å². The molecular weight excluding hydrogens is 248 g/mol. The van der Waals surface area contributed by atoms with Crippen LogP contribution in [0.2, 0.25) is 0 Å². The minimum absolute atomic E-state index is 0.868. The van der Waals surface area contributed by atoms with Crippen LogP contribution in [0.4, 0.5) is 11.5 Å². The van der Waals surface area contributed by atoms with Gasteiger partial charge in [-0.15, -0.1) is 0 Å². The van der Waals surface area contributed by atoms with Crippen LogP contribution < -0.4 is 10.2 Å². The van der Waals surface area contributed by atoms with Gasteiger partial charge in [-0.3, -0.25) is 4.90 Å². The highest BCUT2D eigenvalue weighted by molar-refractivity contribution is 5.54. The largest absolute Gasteiger partial charge is 0.370 e. The van der Waals surface area contributed by atoms with Crippen molar-refractivity contribution in [3.63, 3.8) is 0 Å². The Labute approximate surface area is 122 Å². The number of piperazine rings is 1. The number of anilines is 2. The molecule has 2 heterocycles. The first-order valence-electron chi connectivity index (χ1n) is 8.06. The number of nitrogens with one attached hydrogen (secondary N) is 1. The molecule has 1 aliphatic heterocycles. The highest BCUT2D eigenvalue weighted by Crippen LogP contribution is 2.26. The molecule has 0 radical (unpaired) electrons. The third-order valence-electron chi connectivity index (χ3n) is 4.62. The maximum absolute atomic E-state index is 4.35. The average Bonchev–Trinajstić information content (AvgIpc) is 3.02. The molecule has 0 spiro atoms. The van der Waals surface area contributed by atoms with Crippen molar-refractivity contribution >= 4 is 11.5 Å². The summed E-state index contributed by atoms with van der Waals surface area (Å²) in [4.78, 5) is 9.55. The molecular formula is C16H26N4. The monoisotopic (exact) mass is 274 g/mol. The lowest BCUT2D eigenvalue weighted by Crippen LogP contribution is -2.49. The topological polar surface area (TPSA) is 31.4 Å². The van der Waals surface area contributed by atoms with Crippen molar-refractivity contribution in [2.24, 2.45) is 0 Å². The first-order chi connectivity index (χ1) is 9.86. The predicted molar refractivity (Wildman–Crippen MR) is 84.4 cm³/mol. The van der Waals surface area contributed by atoms with Crippen LogP contribution in [0, 0.1) is 0 Å². The molecule has 2 fully saturated rings. The molecule has 1 saturated carbocycles. The molecule has 20 heavy (non-hydrogen) atoms. The number of hydrogen-bond donors (Lipinski definition) is 1. The maximum Gasteiger partial charge on any atom is 0.127 e. The molecule has 4 nitrogen and oxygen atoms in total. The molecule has 1 aromatic rings. The molecule has 2 aliphatic rings. The molecule has 4 heteroatoms. The second-order valence-corrected chi connectivity index (χ2v) is 5.89. The van der Waals surface area contributed by atoms with E-state index in [2.05, 4.69) is 39.2 Å². The highest BCUT2D eigenvalue weighted by Gasteiger charge is 2.26. The Kier molecular flexibility index (Phi) is 4.41. The van der Waals surface area contributed by atoms with Gasteiger partial charge in [-0.05, 0) is 25.8 Å². The van der Waals surface area contributed by atoms with Crippen molar-refractivity contribution < 1.29 is 0 Å². The Morgan fingerprint density at radius 1 is 1.20 bits per heavy atom. The Balaban J connectivity index is 1.58. The van der Waals surface area contributed by atoms with Gasteiger partial charge < -0.3 is 10.2 Å². The summed E-state index contributed by atoms with van der Waals surface area (Å²) in [6, 6.07) is 5.17. The Bertz CT molecular complexity index is 420. The summed E-state index contributed by atoms with van der Waals surface area (Å²) in [6.45, 7) is 7.74. The van der Waals surface area contributed by atoms with Crippen LogP contribution in [0.15, 0.2) is 18.3 Å².